The van der Waals surface area contributed by atoms with Gasteiger partial charge in [-0.15, -0.1) is 0 Å². The van der Waals surface area contributed by atoms with Gasteiger partial charge in [-0.1, -0.05) is 12.1 Å². The van der Waals surface area contributed by atoms with Crippen LogP contribution in [0.2, 0.25) is 0 Å². The fraction of sp³-hybridized carbons (Fsp3) is 0.588. The van der Waals surface area contributed by atoms with Gasteiger partial charge in [-0.05, 0) is 57.3 Å². The molecule has 1 atom stereocenters. The fourth-order valence-electron chi connectivity index (χ4n) is 2.99. The molecule has 1 unspecified atom stereocenters. The van der Waals surface area contributed by atoms with E-state index < -0.39 is 0 Å². The summed E-state index contributed by atoms with van der Waals surface area (Å²) in [5.41, 5.74) is 6.31. The summed E-state index contributed by atoms with van der Waals surface area (Å²) in [5, 5.41) is 0. The molecule has 4 heteroatoms. The van der Waals surface area contributed by atoms with E-state index in [2.05, 4.69) is 4.90 Å². The van der Waals surface area contributed by atoms with Crippen LogP contribution in [-0.4, -0.2) is 43.5 Å². The summed E-state index contributed by atoms with van der Waals surface area (Å²) in [6.07, 6.45) is 3.65. The Hall–Kier alpha value is -1.39. The lowest BCUT2D eigenvalue weighted by Gasteiger charge is -2.32. The second kappa shape index (κ2) is 8.15. The average Bonchev–Trinajstić information content (AvgIpc) is 2.48. The van der Waals surface area contributed by atoms with Crippen LogP contribution in [0.15, 0.2) is 24.3 Å². The Morgan fingerprint density at radius 2 is 2.24 bits per heavy atom. The SMILES string of the molecule is CC(=O)c1ccccc1OCCN1CCCC(CCN)C1. The predicted molar refractivity (Wildman–Crippen MR) is 84.8 cm³/mol. The highest BCUT2D eigenvalue weighted by molar-refractivity contribution is 5.96. The molecule has 1 saturated heterocycles. The molecule has 1 aliphatic heterocycles. The van der Waals surface area contributed by atoms with Gasteiger partial charge in [0.25, 0.3) is 0 Å². The second-order valence-electron chi connectivity index (χ2n) is 5.79. The van der Waals surface area contributed by atoms with Crippen molar-refractivity contribution in [2.45, 2.75) is 26.2 Å². The minimum absolute atomic E-state index is 0.0478. The van der Waals surface area contributed by atoms with Crippen molar-refractivity contribution in [2.24, 2.45) is 11.7 Å². The molecule has 0 spiro atoms. The zero-order valence-electron chi connectivity index (χ0n) is 12.9. The highest BCUT2D eigenvalue weighted by atomic mass is 16.5. The first-order chi connectivity index (χ1) is 10.2. The number of Topliss-reactive ketones (excluding diaryl/α,β-unsaturated/α-hetero) is 1. The van der Waals surface area contributed by atoms with Gasteiger partial charge in [-0.25, -0.2) is 0 Å². The Morgan fingerprint density at radius 1 is 1.43 bits per heavy atom. The van der Waals surface area contributed by atoms with E-state index in [0.29, 0.717) is 17.9 Å². The van der Waals surface area contributed by atoms with Crippen molar-refractivity contribution in [1.29, 1.82) is 0 Å². The molecule has 1 aromatic rings. The first-order valence-corrected chi connectivity index (χ1v) is 7.86. The molecular weight excluding hydrogens is 264 g/mol. The van der Waals surface area contributed by atoms with Gasteiger partial charge < -0.3 is 10.5 Å². The van der Waals surface area contributed by atoms with Crippen LogP contribution < -0.4 is 10.5 Å². The largest absolute Gasteiger partial charge is 0.491 e. The summed E-state index contributed by atoms with van der Waals surface area (Å²) >= 11 is 0. The summed E-state index contributed by atoms with van der Waals surface area (Å²) in [6, 6.07) is 7.45. The summed E-state index contributed by atoms with van der Waals surface area (Å²) < 4.78 is 5.81. The summed E-state index contributed by atoms with van der Waals surface area (Å²) in [6.45, 7) is 6.14. The lowest BCUT2D eigenvalue weighted by molar-refractivity contribution is 0.101. The molecule has 0 radical (unpaired) electrons. The minimum atomic E-state index is 0.0478. The van der Waals surface area contributed by atoms with Crippen molar-refractivity contribution in [1.82, 2.24) is 4.90 Å². The van der Waals surface area contributed by atoms with Crippen LogP contribution in [0.3, 0.4) is 0 Å². The molecule has 2 rings (SSSR count). The van der Waals surface area contributed by atoms with E-state index in [9.17, 15) is 4.79 Å². The first kappa shape index (κ1) is 16.0. The van der Waals surface area contributed by atoms with Gasteiger partial charge in [0, 0.05) is 13.1 Å². The number of hydrogen-bond acceptors (Lipinski definition) is 4. The molecular formula is C17H26N2O2. The standard InChI is InChI=1S/C17H26N2O2/c1-14(20)16-6-2-3-7-17(16)21-12-11-19-10-4-5-15(13-19)8-9-18/h2-3,6-7,15H,4-5,8-13,18H2,1H3. The van der Waals surface area contributed by atoms with Crippen molar-refractivity contribution in [3.05, 3.63) is 29.8 Å². The van der Waals surface area contributed by atoms with E-state index in [1.807, 2.05) is 24.3 Å². The zero-order valence-corrected chi connectivity index (χ0v) is 12.9. The molecule has 1 aromatic carbocycles. The van der Waals surface area contributed by atoms with Crippen LogP contribution in [0.25, 0.3) is 0 Å². The van der Waals surface area contributed by atoms with Gasteiger partial charge in [0.15, 0.2) is 5.78 Å². The number of piperidine rings is 1. The van der Waals surface area contributed by atoms with E-state index in [-0.39, 0.29) is 5.78 Å². The Labute approximate surface area is 127 Å². The zero-order chi connectivity index (χ0) is 15.1. The van der Waals surface area contributed by atoms with E-state index in [0.717, 1.165) is 38.5 Å². The quantitative estimate of drug-likeness (QED) is 0.783. The van der Waals surface area contributed by atoms with Gasteiger partial charge in [0.05, 0.1) is 5.56 Å². The lowest BCUT2D eigenvalue weighted by atomic mass is 9.95. The van der Waals surface area contributed by atoms with Crippen LogP contribution in [0.1, 0.15) is 36.5 Å². The maximum absolute atomic E-state index is 11.5. The monoisotopic (exact) mass is 290 g/mol. The van der Waals surface area contributed by atoms with Crippen molar-refractivity contribution in [3.8, 4) is 5.75 Å². The van der Waals surface area contributed by atoms with Gasteiger partial charge in [0.2, 0.25) is 0 Å². The van der Waals surface area contributed by atoms with E-state index in [1.54, 1.807) is 6.92 Å². The fourth-order valence-corrected chi connectivity index (χ4v) is 2.99. The van der Waals surface area contributed by atoms with Crippen molar-refractivity contribution < 1.29 is 9.53 Å². The summed E-state index contributed by atoms with van der Waals surface area (Å²) in [5.74, 6) is 1.47. The molecule has 0 aromatic heterocycles. The maximum atomic E-state index is 11.5. The maximum Gasteiger partial charge on any atom is 0.163 e. The second-order valence-corrected chi connectivity index (χ2v) is 5.79. The van der Waals surface area contributed by atoms with Gasteiger partial charge >= 0.3 is 0 Å². The molecule has 4 nitrogen and oxygen atoms in total. The number of nitrogens with zero attached hydrogens (tertiary/aromatic N) is 1. The molecule has 21 heavy (non-hydrogen) atoms. The van der Waals surface area contributed by atoms with Crippen LogP contribution in [-0.2, 0) is 0 Å². The van der Waals surface area contributed by atoms with E-state index >= 15 is 0 Å². The molecule has 0 amide bonds. The molecule has 1 heterocycles. The Kier molecular flexibility index (Phi) is 6.21. The normalized spacial score (nSPS) is 19.4. The number of nitrogens with two attached hydrogens (primary N) is 1. The Balaban J connectivity index is 1.80. The van der Waals surface area contributed by atoms with Crippen LogP contribution in [0.4, 0.5) is 0 Å². The summed E-state index contributed by atoms with van der Waals surface area (Å²) in [7, 11) is 0. The molecule has 1 fully saturated rings. The predicted octanol–water partition coefficient (Wildman–Crippen LogP) is 2.33. The number of ether oxygens (including phenoxy) is 1. The third kappa shape index (κ3) is 4.83. The number of ketones is 1. The molecule has 0 saturated carbocycles. The van der Waals surface area contributed by atoms with E-state index in [4.69, 9.17) is 10.5 Å². The van der Waals surface area contributed by atoms with Crippen molar-refractivity contribution in [2.75, 3.05) is 32.8 Å². The lowest BCUT2D eigenvalue weighted by Crippen LogP contribution is -2.38. The summed E-state index contributed by atoms with van der Waals surface area (Å²) in [4.78, 5) is 14.0. The van der Waals surface area contributed by atoms with Crippen molar-refractivity contribution >= 4 is 5.78 Å². The Bertz CT molecular complexity index is 460. The molecule has 2 N–H and O–H groups in total. The number of para-hydroxylation sites is 1. The number of carbonyl (C=O) groups is 1. The van der Waals surface area contributed by atoms with Gasteiger partial charge in [-0.3, -0.25) is 9.69 Å². The molecule has 1 aliphatic rings. The smallest absolute Gasteiger partial charge is 0.163 e. The average molecular weight is 290 g/mol. The van der Waals surface area contributed by atoms with Crippen LogP contribution in [0.5, 0.6) is 5.75 Å². The topological polar surface area (TPSA) is 55.6 Å². The molecule has 116 valence electrons. The highest BCUT2D eigenvalue weighted by Crippen LogP contribution is 2.20. The van der Waals surface area contributed by atoms with Gasteiger partial charge in [-0.2, -0.15) is 0 Å². The highest BCUT2D eigenvalue weighted by Gasteiger charge is 2.19. The van der Waals surface area contributed by atoms with Crippen LogP contribution >= 0.6 is 0 Å². The number of likely N-dealkylation sites (tertiary alicyclic amines) is 1. The minimum Gasteiger partial charge on any atom is -0.491 e. The molecule has 0 bridgehead atoms. The number of benzene rings is 1. The third-order valence-corrected chi connectivity index (χ3v) is 4.11. The van der Waals surface area contributed by atoms with E-state index in [1.165, 1.54) is 12.8 Å². The number of hydrogen-bond donors (Lipinski definition) is 1. The van der Waals surface area contributed by atoms with Crippen molar-refractivity contribution in [3.63, 3.8) is 0 Å². The third-order valence-electron chi connectivity index (χ3n) is 4.11. The number of carbonyl (C=O) groups excluding carboxylic acids is 1. The number of rotatable bonds is 7. The molecule has 0 aliphatic carbocycles. The van der Waals surface area contributed by atoms with Gasteiger partial charge in [0.1, 0.15) is 12.4 Å². The first-order valence-electron chi connectivity index (χ1n) is 7.86. The Morgan fingerprint density at radius 3 is 3.00 bits per heavy atom. The van der Waals surface area contributed by atoms with Crippen LogP contribution in [0, 0.1) is 5.92 Å².